The number of hydrogen-bond acceptors (Lipinski definition) is 1. The molecule has 15 heavy (non-hydrogen) atoms. The summed E-state index contributed by atoms with van der Waals surface area (Å²) in [4.78, 5) is 0. The van der Waals surface area contributed by atoms with Crippen molar-refractivity contribution < 1.29 is 5.11 Å². The van der Waals surface area contributed by atoms with Gasteiger partial charge in [-0.1, -0.05) is 57.2 Å². The summed E-state index contributed by atoms with van der Waals surface area (Å²) in [6.45, 7) is 8.36. The summed E-state index contributed by atoms with van der Waals surface area (Å²) < 4.78 is 0. The maximum absolute atomic E-state index is 9.11. The van der Waals surface area contributed by atoms with Crippen LogP contribution in [0, 0.1) is 0 Å². The molecule has 0 spiro atoms. The van der Waals surface area contributed by atoms with Crippen molar-refractivity contribution in [1.82, 2.24) is 0 Å². The second kappa shape index (κ2) is 4.63. The third kappa shape index (κ3) is 3.88. The fourth-order valence-electron chi connectivity index (χ4n) is 1.34. The monoisotopic (exact) mass is 204 g/mol. The van der Waals surface area contributed by atoms with Crippen LogP contribution in [-0.4, -0.2) is 11.2 Å². The molecular weight excluding hydrogens is 184 g/mol. The van der Waals surface area contributed by atoms with E-state index in [1.54, 1.807) is 13.0 Å². The highest BCUT2D eigenvalue weighted by molar-refractivity contribution is 5.50. The first-order valence-corrected chi connectivity index (χ1v) is 5.36. The van der Waals surface area contributed by atoms with E-state index < -0.39 is 0 Å². The lowest BCUT2D eigenvalue weighted by Gasteiger charge is -2.18. The van der Waals surface area contributed by atoms with Gasteiger partial charge in [-0.15, -0.1) is 0 Å². The van der Waals surface area contributed by atoms with Crippen molar-refractivity contribution >= 4 is 6.08 Å². The van der Waals surface area contributed by atoms with Gasteiger partial charge in [-0.3, -0.25) is 0 Å². The molecule has 1 heteroatoms. The highest BCUT2D eigenvalue weighted by atomic mass is 16.3. The zero-order valence-corrected chi connectivity index (χ0v) is 9.99. The van der Waals surface area contributed by atoms with E-state index in [1.165, 1.54) is 5.56 Å². The topological polar surface area (TPSA) is 20.2 Å². The molecule has 0 aliphatic carbocycles. The summed E-state index contributed by atoms with van der Waals surface area (Å²) in [6.07, 6.45) is 3.34. The molecule has 82 valence electrons. The van der Waals surface area contributed by atoms with Crippen molar-refractivity contribution in [3.8, 4) is 0 Å². The van der Waals surface area contributed by atoms with E-state index in [2.05, 4.69) is 45.0 Å². The molecule has 1 nitrogen and oxygen atoms in total. The van der Waals surface area contributed by atoms with Gasteiger partial charge in [0.15, 0.2) is 0 Å². The second-order valence-corrected chi connectivity index (χ2v) is 4.97. The molecule has 0 radical (unpaired) electrons. The van der Waals surface area contributed by atoms with Crippen molar-refractivity contribution in [1.29, 1.82) is 0 Å². The van der Waals surface area contributed by atoms with E-state index >= 15 is 0 Å². The molecule has 1 rings (SSSR count). The Morgan fingerprint density at radius 2 is 1.67 bits per heavy atom. The van der Waals surface area contributed by atoms with Crippen molar-refractivity contribution in [3.63, 3.8) is 0 Å². The van der Waals surface area contributed by atoms with E-state index in [1.807, 2.05) is 6.08 Å². The van der Waals surface area contributed by atoms with Gasteiger partial charge in [-0.05, 0) is 23.5 Å². The van der Waals surface area contributed by atoms with Gasteiger partial charge in [0.1, 0.15) is 0 Å². The highest BCUT2D eigenvalue weighted by Crippen LogP contribution is 2.22. The first kappa shape index (κ1) is 12.0. The first-order valence-electron chi connectivity index (χ1n) is 5.36. The summed E-state index contributed by atoms with van der Waals surface area (Å²) in [7, 11) is 0. The summed E-state index contributed by atoms with van der Waals surface area (Å²) in [5, 5.41) is 9.11. The number of benzene rings is 1. The number of rotatable bonds is 2. The van der Waals surface area contributed by atoms with Gasteiger partial charge in [0.25, 0.3) is 0 Å². The lowest BCUT2D eigenvalue weighted by molar-refractivity contribution is 0.245. The van der Waals surface area contributed by atoms with Crippen LogP contribution >= 0.6 is 0 Å². The zero-order valence-electron chi connectivity index (χ0n) is 9.99. The third-order valence-corrected chi connectivity index (χ3v) is 2.34. The van der Waals surface area contributed by atoms with Crippen molar-refractivity contribution in [2.75, 3.05) is 0 Å². The van der Waals surface area contributed by atoms with Gasteiger partial charge in [0, 0.05) is 0 Å². The lowest BCUT2D eigenvalue weighted by atomic mass is 9.87. The van der Waals surface area contributed by atoms with E-state index in [0.29, 0.717) is 0 Å². The number of aliphatic hydroxyl groups excluding tert-OH is 1. The fraction of sp³-hybridized carbons (Fsp3) is 0.429. The van der Waals surface area contributed by atoms with Gasteiger partial charge in [0.2, 0.25) is 0 Å². The molecule has 0 aliphatic heterocycles. The van der Waals surface area contributed by atoms with E-state index in [0.717, 1.165) is 5.56 Å². The van der Waals surface area contributed by atoms with Gasteiger partial charge < -0.3 is 5.11 Å². The minimum Gasteiger partial charge on any atom is -0.389 e. The molecule has 0 fully saturated rings. The van der Waals surface area contributed by atoms with Gasteiger partial charge in [0.05, 0.1) is 6.10 Å². The normalized spacial score (nSPS) is 14.5. The molecule has 1 N–H and O–H groups in total. The molecule has 1 aromatic rings. The smallest absolute Gasteiger partial charge is 0.0696 e. The Balaban J connectivity index is 2.82. The minimum atomic E-state index is -0.382. The molecular formula is C14H20O. The molecule has 0 heterocycles. The molecule has 1 atom stereocenters. The zero-order chi connectivity index (χ0) is 11.5. The van der Waals surface area contributed by atoms with Crippen molar-refractivity contribution in [3.05, 3.63) is 41.5 Å². The Bertz CT molecular complexity index is 325. The minimum absolute atomic E-state index is 0.201. The first-order chi connectivity index (χ1) is 6.89. The van der Waals surface area contributed by atoms with E-state index in [-0.39, 0.29) is 11.5 Å². The Kier molecular flexibility index (Phi) is 3.70. The quantitative estimate of drug-likeness (QED) is 0.783. The van der Waals surface area contributed by atoms with Crippen LogP contribution in [0.1, 0.15) is 38.8 Å². The Morgan fingerprint density at radius 3 is 2.07 bits per heavy atom. The lowest BCUT2D eigenvalue weighted by Crippen LogP contribution is -2.10. The van der Waals surface area contributed by atoms with Gasteiger partial charge in [-0.2, -0.15) is 0 Å². The second-order valence-electron chi connectivity index (χ2n) is 4.97. The predicted octanol–water partition coefficient (Wildman–Crippen LogP) is 3.38. The maximum Gasteiger partial charge on any atom is 0.0696 e. The van der Waals surface area contributed by atoms with Crippen LogP contribution < -0.4 is 0 Å². The summed E-state index contributed by atoms with van der Waals surface area (Å²) in [5.41, 5.74) is 2.66. The molecule has 0 aliphatic rings. The van der Waals surface area contributed by atoms with Gasteiger partial charge >= 0.3 is 0 Å². The standard InChI is InChI=1S/C14H20O/c1-11(15)5-6-12-7-9-13(10-8-12)14(2,3)4/h5-11,15H,1-4H3. The molecule has 0 aromatic heterocycles. The van der Waals surface area contributed by atoms with Crippen molar-refractivity contribution in [2.24, 2.45) is 0 Å². The molecule has 1 unspecified atom stereocenters. The fourth-order valence-corrected chi connectivity index (χ4v) is 1.34. The van der Waals surface area contributed by atoms with Crippen molar-refractivity contribution in [2.45, 2.75) is 39.2 Å². The largest absolute Gasteiger partial charge is 0.389 e. The number of hydrogen-bond donors (Lipinski definition) is 1. The summed E-state index contributed by atoms with van der Waals surface area (Å²) in [5.74, 6) is 0. The van der Waals surface area contributed by atoms with Crippen LogP contribution in [0.25, 0.3) is 6.08 Å². The van der Waals surface area contributed by atoms with E-state index in [9.17, 15) is 0 Å². The molecule has 0 saturated heterocycles. The molecule has 1 aromatic carbocycles. The predicted molar refractivity (Wildman–Crippen MR) is 65.9 cm³/mol. The highest BCUT2D eigenvalue weighted by Gasteiger charge is 2.12. The molecule has 0 saturated carbocycles. The van der Waals surface area contributed by atoms with E-state index in [4.69, 9.17) is 5.11 Å². The Hall–Kier alpha value is -1.08. The summed E-state index contributed by atoms with van der Waals surface area (Å²) >= 11 is 0. The number of aliphatic hydroxyl groups is 1. The van der Waals surface area contributed by atoms with Gasteiger partial charge in [-0.25, -0.2) is 0 Å². The van der Waals surface area contributed by atoms with Crippen LogP contribution in [-0.2, 0) is 5.41 Å². The van der Waals surface area contributed by atoms with Crippen LogP contribution in [0.3, 0.4) is 0 Å². The van der Waals surface area contributed by atoms with Crippen LogP contribution in [0.15, 0.2) is 30.3 Å². The van der Waals surface area contributed by atoms with Crippen LogP contribution in [0.2, 0.25) is 0 Å². The SMILES string of the molecule is CC(O)C=Cc1ccc(C(C)(C)C)cc1. The average Bonchev–Trinajstić information content (AvgIpc) is 2.14. The Labute approximate surface area is 92.5 Å². The average molecular weight is 204 g/mol. The molecule has 0 bridgehead atoms. The Morgan fingerprint density at radius 1 is 1.13 bits per heavy atom. The van der Waals surface area contributed by atoms with Crippen LogP contribution in [0.4, 0.5) is 0 Å². The third-order valence-electron chi connectivity index (χ3n) is 2.34. The summed E-state index contributed by atoms with van der Waals surface area (Å²) in [6, 6.07) is 8.45. The molecule has 0 amide bonds. The maximum atomic E-state index is 9.11. The van der Waals surface area contributed by atoms with Crippen LogP contribution in [0.5, 0.6) is 0 Å².